The fraction of sp³-hybridized carbons (Fsp3) is 0.0575. The number of alkyl halides is 6. The van der Waals surface area contributed by atoms with E-state index in [2.05, 4.69) is 115 Å². The minimum Gasteiger partial charge on any atom is -0.668 e. The smallest absolute Gasteiger partial charge is 0.429 e. The molecule has 2 N–H and O–H groups in total. The van der Waals surface area contributed by atoms with Crippen molar-refractivity contribution in [1.29, 1.82) is 0 Å². The molecule has 0 aliphatic heterocycles. The van der Waals surface area contributed by atoms with Crippen molar-refractivity contribution in [3.8, 4) is 67.8 Å². The minimum absolute atomic E-state index is 0. The molecule has 0 saturated carbocycles. The first kappa shape index (κ1) is 104. The summed E-state index contributed by atoms with van der Waals surface area (Å²) in [5, 5.41) is 25.3. The third kappa shape index (κ3) is 37.0. The summed E-state index contributed by atoms with van der Waals surface area (Å²) in [6.45, 7) is 4.76. The average molecular weight is 2510 g/mol. The Bertz CT molecular complexity index is 5310. The van der Waals surface area contributed by atoms with Crippen LogP contribution in [0.2, 0.25) is 0 Å². The van der Waals surface area contributed by atoms with Crippen molar-refractivity contribution < 1.29 is 174 Å². The summed E-state index contributed by atoms with van der Waals surface area (Å²) in [6, 6.07) is 81.8. The van der Waals surface area contributed by atoms with Crippen molar-refractivity contribution in [2.24, 2.45) is 0 Å². The van der Waals surface area contributed by atoms with Crippen molar-refractivity contribution >= 4 is 28.5 Å². The van der Waals surface area contributed by atoms with Crippen LogP contribution in [-0.4, -0.2) is 77.9 Å². The molecule has 9 aromatic heterocycles. The number of benzene rings is 6. The van der Waals surface area contributed by atoms with Crippen LogP contribution >= 0.6 is 0 Å². The fourth-order valence-corrected chi connectivity index (χ4v) is 8.96. The molecule has 0 atom stereocenters. The van der Waals surface area contributed by atoms with Gasteiger partial charge in [0.15, 0.2) is 5.78 Å². The zero-order chi connectivity index (χ0) is 82.3. The molecule has 0 aliphatic carbocycles. The van der Waals surface area contributed by atoms with Crippen molar-refractivity contribution in [2.75, 3.05) is 0 Å². The molecule has 15 aromatic rings. The van der Waals surface area contributed by atoms with E-state index in [0.717, 1.165) is 52.8 Å². The van der Waals surface area contributed by atoms with E-state index >= 15 is 0 Å². The number of hydrogen-bond donors (Lipinski definition) is 2. The van der Waals surface area contributed by atoms with Crippen LogP contribution in [0.3, 0.4) is 0 Å². The van der Waals surface area contributed by atoms with Gasteiger partial charge >= 0.3 is 24.3 Å². The Kier molecular flexibility index (Phi) is 47.6. The fourth-order valence-electron chi connectivity index (χ4n) is 8.96. The number of aromatic carboxylic acids is 2. The first-order valence-electron chi connectivity index (χ1n) is 33.3. The van der Waals surface area contributed by atoms with Gasteiger partial charge in [0.1, 0.15) is 17.2 Å². The Labute approximate surface area is 745 Å². The maximum Gasteiger partial charge on any atom is 0.429 e. The van der Waals surface area contributed by atoms with E-state index < -0.39 is 58.9 Å². The number of ketones is 1. The van der Waals surface area contributed by atoms with Crippen LogP contribution in [0.1, 0.15) is 51.8 Å². The van der Waals surface area contributed by atoms with Crippen molar-refractivity contribution in [2.45, 2.75) is 33.1 Å². The van der Waals surface area contributed by atoms with Gasteiger partial charge in [-0.1, -0.05) is 127 Å². The van der Waals surface area contributed by atoms with E-state index in [1.54, 1.807) is 136 Å². The molecule has 0 saturated heterocycles. The number of carboxylic acid groups (broad SMARTS) is 2. The van der Waals surface area contributed by atoms with Gasteiger partial charge in [-0.3, -0.25) is 32.4 Å². The number of halogens is 10. The number of carboxylic acids is 2. The van der Waals surface area contributed by atoms with E-state index in [9.17, 15) is 58.3 Å². The molecular weight excluding hydrogens is 2450 g/mol. The van der Waals surface area contributed by atoms with Crippen LogP contribution in [0, 0.1) is 67.6 Å². The van der Waals surface area contributed by atoms with Gasteiger partial charge in [-0.2, -0.15) is 33.5 Å². The Hall–Kier alpha value is -11.4. The maximum absolute atomic E-state index is 13.2. The summed E-state index contributed by atoms with van der Waals surface area (Å²) >= 11 is 0. The standard InChI is InChI=1S/C15H10N.C13H9F3N.2C11H6F2N.C11H8N.C8H4F3N4.2C6H5NO2.C6H9O2.5Ir/c1-2-6-12(7-3-1)15-10-13-8-4-5-9-14(13)11-16-15;1-9-6-10(12-4-2-3-5-17-12)8-11(7-9)13(14,15)16;2*12-8-4-5-9(10(13)7-8)11-3-1-2-6-14-11;1-2-6-10(7-3-1)11-8-4-5-9-12-11;9-8(10,11)7-13-6(14-15-7)5-3-1-2-4-12-5;2*8-6(9)5-3-1-2-4-7-5;1-5(7)4-6(2)8-3;;;;;/h1-6,8-11H;2-7H,1H3;2*1-4,6-7H;1-6,8-9H;1-4H;2*1-4H,(H,8,9);4H,3H2,1-2H3;;;;;/q6*-1;;;-1;;;;;. The SMILES string of the molecule is Cc1cc(-c2ccccn2)[c-]c(C(F)(F)F)c1.FC(F)(F)c1n[n-]c(-c2ccccn2)n1.Fc1c[c-]c(-c2ccccn2)c(F)c1.Fc1c[c-]c(-c2ccccn2)c(F)c1.O=C(O)c1ccccn1.O=C(O)c1ccccn1.[CH2-]OC(C)=CC(C)=O.[Ir].[Ir].[Ir].[Ir].[Ir].[c-]1ccccc1-c1cc2ccccc2cn1.[c-]1ccccc1-c1ccccn1. The summed E-state index contributed by atoms with van der Waals surface area (Å²) in [5.41, 5.74) is 6.34. The normalized spacial score (nSPS) is 9.98. The van der Waals surface area contributed by atoms with Gasteiger partial charge in [-0.25, -0.2) is 19.6 Å². The van der Waals surface area contributed by atoms with Gasteiger partial charge in [0, 0.05) is 179 Å². The molecule has 119 heavy (non-hydrogen) atoms. The first-order valence-corrected chi connectivity index (χ1v) is 33.3. The molecule has 15 rings (SSSR count). The van der Waals surface area contributed by atoms with E-state index in [1.807, 2.05) is 85.1 Å². The summed E-state index contributed by atoms with van der Waals surface area (Å²) in [5.74, 6) is -5.40. The first-order chi connectivity index (χ1) is 54.8. The number of aromatic nitrogens is 11. The third-order valence-electron chi connectivity index (χ3n) is 14.1. The molecule has 6 aromatic carbocycles. The molecule has 0 amide bonds. The van der Waals surface area contributed by atoms with Crippen LogP contribution in [0.25, 0.3) is 78.6 Å². The van der Waals surface area contributed by atoms with Crippen molar-refractivity contribution in [3.05, 3.63) is 393 Å². The molecule has 623 valence electrons. The summed E-state index contributed by atoms with van der Waals surface area (Å²) < 4.78 is 130. The number of rotatable bonds is 10. The van der Waals surface area contributed by atoms with Gasteiger partial charge in [0.05, 0.1) is 11.5 Å². The summed E-state index contributed by atoms with van der Waals surface area (Å²) in [7, 11) is 3.12. The number of hydrogen-bond acceptors (Lipinski definition) is 14. The average Bonchev–Trinajstić information content (AvgIpc) is 1.80. The molecule has 0 fully saturated rings. The number of fused-ring (bicyclic) bond motifs is 1. The number of nitrogens with zero attached hydrogens (tertiary/aromatic N) is 11. The number of ether oxygens (including phenoxy) is 1. The van der Waals surface area contributed by atoms with Crippen LogP contribution in [0.15, 0.2) is 304 Å². The molecule has 0 aliphatic rings. The Morgan fingerprint density at radius 1 is 0.437 bits per heavy atom. The monoisotopic (exact) mass is 2510 g/mol. The molecule has 0 bridgehead atoms. The summed E-state index contributed by atoms with van der Waals surface area (Å²) in [4.78, 5) is 65.3. The van der Waals surface area contributed by atoms with Gasteiger partial charge in [-0.05, 0) is 125 Å². The predicted octanol–water partition coefficient (Wildman–Crippen LogP) is 20.1. The molecule has 5 radical (unpaired) electrons. The zero-order valence-electron chi connectivity index (χ0n) is 61.9. The number of pyridine rings is 8. The maximum atomic E-state index is 13.2. The van der Waals surface area contributed by atoms with E-state index in [-0.39, 0.29) is 140 Å². The molecule has 32 heteroatoms. The third-order valence-corrected chi connectivity index (χ3v) is 14.1. The van der Waals surface area contributed by atoms with Crippen molar-refractivity contribution in [3.63, 3.8) is 0 Å². The largest absolute Gasteiger partial charge is 0.668 e. The van der Waals surface area contributed by atoms with Gasteiger partial charge in [0.25, 0.3) is 0 Å². The Morgan fingerprint density at radius 3 is 1.18 bits per heavy atom. The molecule has 17 nitrogen and oxygen atoms in total. The number of allylic oxidation sites excluding steroid dienone is 2. The van der Waals surface area contributed by atoms with Crippen LogP contribution < -0.4 is 5.10 Å². The Balaban J connectivity index is 0.000000456. The Morgan fingerprint density at radius 2 is 0.832 bits per heavy atom. The zero-order valence-corrected chi connectivity index (χ0v) is 73.9. The van der Waals surface area contributed by atoms with E-state index in [4.69, 9.17) is 10.2 Å². The molecule has 9 heterocycles. The van der Waals surface area contributed by atoms with Crippen molar-refractivity contribution in [1.82, 2.24) is 55.1 Å². The quantitative estimate of drug-likeness (QED) is 0.0559. The van der Waals surface area contributed by atoms with Crippen LogP contribution in [0.4, 0.5) is 43.9 Å². The number of carbonyl (C=O) groups excluding carboxylic acids is 1. The molecular formula is C87H62F10Ir5N11O6-7. The van der Waals surface area contributed by atoms with Gasteiger partial charge in [0.2, 0.25) is 0 Å². The van der Waals surface area contributed by atoms with Crippen LogP contribution in [-0.2, 0) is 122 Å². The van der Waals surface area contributed by atoms with Crippen LogP contribution in [0.5, 0.6) is 0 Å². The number of aryl methyl sites for hydroxylation is 1. The second-order valence-corrected chi connectivity index (χ2v) is 22.6. The molecule has 0 unspecified atom stereocenters. The summed E-state index contributed by atoms with van der Waals surface area (Å²) in [6.07, 6.45) is 5.10. The minimum atomic E-state index is -4.57. The van der Waals surface area contributed by atoms with E-state index in [1.165, 1.54) is 60.6 Å². The second-order valence-electron chi connectivity index (χ2n) is 22.6. The predicted molar refractivity (Wildman–Crippen MR) is 406 cm³/mol. The second kappa shape index (κ2) is 54.6. The topological polar surface area (TPSA) is 244 Å². The number of carbonyl (C=O) groups is 3. The molecule has 0 spiro atoms. The van der Waals surface area contributed by atoms with E-state index in [0.29, 0.717) is 34.0 Å². The van der Waals surface area contributed by atoms with Gasteiger partial charge in [-0.15, -0.1) is 125 Å². The van der Waals surface area contributed by atoms with Gasteiger partial charge < -0.3 is 50.0 Å².